The van der Waals surface area contributed by atoms with Crippen LogP contribution < -0.4 is 0 Å². The number of carbonyl (C=O) groups is 2. The van der Waals surface area contributed by atoms with Gasteiger partial charge < -0.3 is 18.9 Å². The van der Waals surface area contributed by atoms with Gasteiger partial charge in [-0.2, -0.15) is 0 Å². The summed E-state index contributed by atoms with van der Waals surface area (Å²) in [6, 6.07) is 13.4. The van der Waals surface area contributed by atoms with E-state index in [1.807, 2.05) is 22.8 Å². The van der Waals surface area contributed by atoms with E-state index in [9.17, 15) is 14.0 Å². The quantitative estimate of drug-likeness (QED) is 0.471. The molecule has 1 saturated heterocycles. The maximum Gasteiger partial charge on any atom is 0.272 e. The number of benzene rings is 1. The summed E-state index contributed by atoms with van der Waals surface area (Å²) in [7, 11) is 0. The fourth-order valence-corrected chi connectivity index (χ4v) is 5.14. The molecule has 0 radical (unpaired) electrons. The summed E-state index contributed by atoms with van der Waals surface area (Å²) in [5, 5.41) is 3.85. The second-order valence-corrected chi connectivity index (χ2v) is 8.48. The summed E-state index contributed by atoms with van der Waals surface area (Å²) in [6.45, 7) is 2.65. The highest BCUT2D eigenvalue weighted by Crippen LogP contribution is 2.45. The van der Waals surface area contributed by atoms with Crippen LogP contribution in [0.15, 0.2) is 71.7 Å². The summed E-state index contributed by atoms with van der Waals surface area (Å²) in [6.07, 6.45) is 4.75. The minimum Gasteiger partial charge on any atom is -0.364 e. The highest BCUT2D eigenvalue weighted by Gasteiger charge is 2.56. The second-order valence-electron chi connectivity index (χ2n) is 8.48. The molecule has 170 valence electrons. The Hall–Kier alpha value is -4.27. The number of aromatic nitrogens is 3. The average molecular weight is 457 g/mol. The number of hydrogen-bond donors (Lipinski definition) is 0. The van der Waals surface area contributed by atoms with E-state index >= 15 is 0 Å². The van der Waals surface area contributed by atoms with Crippen LogP contribution in [0.2, 0.25) is 0 Å². The number of pyridine rings is 1. The average Bonchev–Trinajstić information content (AvgIpc) is 3.57. The zero-order chi connectivity index (χ0) is 23.4. The molecule has 8 nitrogen and oxygen atoms in total. The molecule has 2 aliphatic rings. The second kappa shape index (κ2) is 7.38. The first-order chi connectivity index (χ1) is 16.5. The number of fused-ring (bicyclic) bond motifs is 2. The van der Waals surface area contributed by atoms with E-state index in [0.29, 0.717) is 35.6 Å². The van der Waals surface area contributed by atoms with Crippen molar-refractivity contribution in [3.8, 4) is 11.3 Å². The van der Waals surface area contributed by atoms with E-state index in [1.165, 1.54) is 18.4 Å². The van der Waals surface area contributed by atoms with Gasteiger partial charge >= 0.3 is 0 Å². The zero-order valence-electron chi connectivity index (χ0n) is 18.3. The van der Waals surface area contributed by atoms with E-state index in [4.69, 9.17) is 4.52 Å². The lowest BCUT2D eigenvalue weighted by Gasteiger charge is -2.47. The molecule has 0 saturated carbocycles. The number of aryl methyl sites for hydroxylation is 1. The van der Waals surface area contributed by atoms with Gasteiger partial charge in [0.2, 0.25) is 0 Å². The van der Waals surface area contributed by atoms with Gasteiger partial charge in [0.05, 0.1) is 17.9 Å². The first kappa shape index (κ1) is 20.3. The van der Waals surface area contributed by atoms with Gasteiger partial charge in [0.15, 0.2) is 5.66 Å². The van der Waals surface area contributed by atoms with E-state index < -0.39 is 11.5 Å². The summed E-state index contributed by atoms with van der Waals surface area (Å²) in [5.74, 6) is -0.878. The monoisotopic (exact) mass is 457 g/mol. The normalized spacial score (nSPS) is 19.3. The molecule has 9 heteroatoms. The lowest BCUT2D eigenvalue weighted by Crippen LogP contribution is -2.60. The third kappa shape index (κ3) is 2.76. The fourth-order valence-electron chi connectivity index (χ4n) is 5.14. The molecule has 1 fully saturated rings. The third-order valence-electron chi connectivity index (χ3n) is 6.75. The van der Waals surface area contributed by atoms with Gasteiger partial charge in [-0.1, -0.05) is 17.3 Å². The van der Waals surface area contributed by atoms with Crippen molar-refractivity contribution in [1.29, 1.82) is 0 Å². The van der Waals surface area contributed by atoms with Crippen LogP contribution in [0.5, 0.6) is 0 Å². The molecule has 2 aliphatic heterocycles. The highest BCUT2D eigenvalue weighted by atomic mass is 19.1. The first-order valence-corrected chi connectivity index (χ1v) is 10.9. The Morgan fingerprint density at radius 2 is 1.88 bits per heavy atom. The van der Waals surface area contributed by atoms with Gasteiger partial charge in [0.1, 0.15) is 23.3 Å². The molecule has 1 aromatic carbocycles. The number of nitrogens with zero attached hydrogens (tertiary/aromatic N) is 5. The largest absolute Gasteiger partial charge is 0.364 e. The number of hydrogen-bond acceptors (Lipinski definition) is 5. The molecule has 0 bridgehead atoms. The van der Waals surface area contributed by atoms with Crippen LogP contribution in [0.4, 0.5) is 4.39 Å². The topological polar surface area (TPSA) is 84.5 Å². The van der Waals surface area contributed by atoms with Gasteiger partial charge in [-0.25, -0.2) is 4.39 Å². The molecule has 2 amide bonds. The molecule has 5 heterocycles. The predicted octanol–water partition coefficient (Wildman–Crippen LogP) is 3.45. The molecular formula is C25H20FN5O3. The Morgan fingerprint density at radius 3 is 2.59 bits per heavy atom. The van der Waals surface area contributed by atoms with Gasteiger partial charge in [0, 0.05) is 36.6 Å². The van der Waals surface area contributed by atoms with Crippen molar-refractivity contribution < 1.29 is 18.5 Å². The Kier molecular flexibility index (Phi) is 4.41. The van der Waals surface area contributed by atoms with E-state index in [0.717, 1.165) is 11.3 Å². The molecule has 3 aromatic heterocycles. The highest BCUT2D eigenvalue weighted by molar-refractivity contribution is 5.99. The lowest BCUT2D eigenvalue weighted by molar-refractivity contribution is -0.00569. The van der Waals surface area contributed by atoms with Crippen LogP contribution in [0, 0.1) is 12.7 Å². The summed E-state index contributed by atoms with van der Waals surface area (Å²) in [4.78, 5) is 35.1. The minimum atomic E-state index is -1.14. The molecule has 34 heavy (non-hydrogen) atoms. The van der Waals surface area contributed by atoms with Crippen molar-refractivity contribution in [3.63, 3.8) is 0 Å². The Bertz CT molecular complexity index is 1410. The molecule has 1 unspecified atom stereocenters. The molecular weight excluding hydrogens is 437 g/mol. The SMILES string of the molecule is Cc1nocc1C(=O)N1CCN2C(=O)c3ccc(-c4cccnc4)n3CC12c1ccc(F)cc1. The van der Waals surface area contributed by atoms with Crippen molar-refractivity contribution in [2.75, 3.05) is 13.1 Å². The maximum atomic E-state index is 13.9. The van der Waals surface area contributed by atoms with Gasteiger partial charge in [0.25, 0.3) is 11.8 Å². The van der Waals surface area contributed by atoms with Crippen LogP contribution in [0.3, 0.4) is 0 Å². The zero-order valence-corrected chi connectivity index (χ0v) is 18.3. The molecule has 4 aromatic rings. The molecule has 1 atom stereocenters. The summed E-state index contributed by atoms with van der Waals surface area (Å²) >= 11 is 0. The molecule has 0 N–H and O–H groups in total. The maximum absolute atomic E-state index is 13.9. The lowest BCUT2D eigenvalue weighted by atomic mass is 9.93. The van der Waals surface area contributed by atoms with Crippen molar-refractivity contribution in [3.05, 3.63) is 95.5 Å². The number of amides is 2. The Balaban J connectivity index is 1.56. The Labute approximate surface area is 194 Å². The molecule has 0 aliphatic carbocycles. The van der Waals surface area contributed by atoms with Crippen LogP contribution in [0.25, 0.3) is 11.3 Å². The van der Waals surface area contributed by atoms with Crippen molar-refractivity contribution in [1.82, 2.24) is 24.5 Å². The summed E-state index contributed by atoms with van der Waals surface area (Å²) < 4.78 is 20.8. The van der Waals surface area contributed by atoms with Gasteiger partial charge in [-0.05, 0) is 43.3 Å². The van der Waals surface area contributed by atoms with Crippen LogP contribution >= 0.6 is 0 Å². The van der Waals surface area contributed by atoms with Crippen LogP contribution in [0.1, 0.15) is 32.1 Å². The number of halogens is 1. The van der Waals surface area contributed by atoms with Gasteiger partial charge in [-0.15, -0.1) is 0 Å². The minimum absolute atomic E-state index is 0.192. The Morgan fingerprint density at radius 1 is 1.09 bits per heavy atom. The van der Waals surface area contributed by atoms with Crippen molar-refractivity contribution in [2.45, 2.75) is 19.1 Å². The standard InChI is InChI=1S/C25H20FN5O3/c1-16-20(14-34-28-16)23(32)30-11-12-31-24(33)22-9-8-21(17-3-2-10-27-13-17)29(22)15-25(30,31)18-4-6-19(26)7-5-18/h2-10,13-14H,11-12,15H2,1H3. The summed E-state index contributed by atoms with van der Waals surface area (Å²) in [5.41, 5.74) is 2.52. The van der Waals surface area contributed by atoms with Crippen LogP contribution in [-0.2, 0) is 12.2 Å². The first-order valence-electron chi connectivity index (χ1n) is 10.9. The number of carbonyl (C=O) groups excluding carboxylic acids is 2. The third-order valence-corrected chi connectivity index (χ3v) is 6.75. The smallest absolute Gasteiger partial charge is 0.272 e. The van der Waals surface area contributed by atoms with Crippen molar-refractivity contribution in [2.24, 2.45) is 0 Å². The van der Waals surface area contributed by atoms with E-state index in [2.05, 4.69) is 10.1 Å². The van der Waals surface area contributed by atoms with E-state index in [-0.39, 0.29) is 18.4 Å². The van der Waals surface area contributed by atoms with Gasteiger partial charge in [-0.3, -0.25) is 14.6 Å². The fraction of sp³-hybridized carbons (Fsp3) is 0.200. The van der Waals surface area contributed by atoms with Crippen LogP contribution in [-0.4, -0.2) is 49.4 Å². The van der Waals surface area contributed by atoms with E-state index in [1.54, 1.807) is 47.3 Å². The molecule has 0 spiro atoms. The predicted molar refractivity (Wildman–Crippen MR) is 119 cm³/mol. The molecule has 6 rings (SSSR count). The number of rotatable bonds is 3. The van der Waals surface area contributed by atoms with Crippen molar-refractivity contribution >= 4 is 11.8 Å².